The number of aliphatic carboxylic acids is 1. The van der Waals surface area contributed by atoms with E-state index < -0.39 is 5.97 Å². The Kier molecular flexibility index (Phi) is 3.38. The van der Waals surface area contributed by atoms with Crippen molar-refractivity contribution in [1.82, 2.24) is 4.57 Å². The number of hydrogen-bond donors (Lipinski definition) is 1. The molecule has 0 aliphatic carbocycles. The number of aromatic nitrogens is 1. The van der Waals surface area contributed by atoms with E-state index in [0.29, 0.717) is 0 Å². The standard InChI is InChI=1S/C14H11NO3/c16-13-3-1-2-10-15(13)12-7-4-11(5-8-12)6-9-14(17)18/h1-10H,(H,17,18). The van der Waals surface area contributed by atoms with Crippen molar-refractivity contribution in [3.05, 3.63) is 70.7 Å². The number of benzene rings is 1. The van der Waals surface area contributed by atoms with Crippen molar-refractivity contribution < 1.29 is 9.90 Å². The van der Waals surface area contributed by atoms with Crippen LogP contribution >= 0.6 is 0 Å². The molecule has 0 amide bonds. The van der Waals surface area contributed by atoms with Crippen molar-refractivity contribution in [2.75, 3.05) is 0 Å². The Balaban J connectivity index is 2.31. The van der Waals surface area contributed by atoms with Crippen LogP contribution in [0.25, 0.3) is 11.8 Å². The highest BCUT2D eigenvalue weighted by Gasteiger charge is 1.97. The molecule has 1 aromatic carbocycles. The molecule has 0 bridgehead atoms. The van der Waals surface area contributed by atoms with Gasteiger partial charge in [0.25, 0.3) is 5.56 Å². The van der Waals surface area contributed by atoms with Crippen LogP contribution < -0.4 is 5.56 Å². The first-order valence-corrected chi connectivity index (χ1v) is 5.36. The summed E-state index contributed by atoms with van der Waals surface area (Å²) in [6.45, 7) is 0. The second-order valence-corrected chi connectivity index (χ2v) is 3.67. The minimum atomic E-state index is -0.988. The molecule has 0 aliphatic rings. The summed E-state index contributed by atoms with van der Waals surface area (Å²) in [4.78, 5) is 22.0. The summed E-state index contributed by atoms with van der Waals surface area (Å²) in [6.07, 6.45) is 4.26. The molecule has 1 aromatic heterocycles. The zero-order chi connectivity index (χ0) is 13.0. The topological polar surface area (TPSA) is 59.3 Å². The van der Waals surface area contributed by atoms with E-state index in [9.17, 15) is 9.59 Å². The fourth-order valence-corrected chi connectivity index (χ4v) is 1.55. The zero-order valence-corrected chi connectivity index (χ0v) is 9.48. The maximum atomic E-state index is 11.6. The van der Waals surface area contributed by atoms with Gasteiger partial charge in [0.2, 0.25) is 0 Å². The molecule has 1 N–H and O–H groups in total. The fourth-order valence-electron chi connectivity index (χ4n) is 1.55. The normalized spacial score (nSPS) is 10.7. The highest BCUT2D eigenvalue weighted by atomic mass is 16.4. The van der Waals surface area contributed by atoms with E-state index >= 15 is 0 Å². The molecule has 90 valence electrons. The number of carboxylic acid groups (broad SMARTS) is 1. The number of hydrogen-bond acceptors (Lipinski definition) is 2. The monoisotopic (exact) mass is 241 g/mol. The number of pyridine rings is 1. The van der Waals surface area contributed by atoms with E-state index in [2.05, 4.69) is 0 Å². The Morgan fingerprint density at radius 1 is 1.11 bits per heavy atom. The van der Waals surface area contributed by atoms with E-state index in [1.807, 2.05) is 0 Å². The summed E-state index contributed by atoms with van der Waals surface area (Å²) in [5.41, 5.74) is 1.41. The lowest BCUT2D eigenvalue weighted by molar-refractivity contribution is -0.131. The summed E-state index contributed by atoms with van der Waals surface area (Å²) in [6, 6.07) is 12.0. The number of carboxylic acids is 1. The molecular formula is C14H11NO3. The SMILES string of the molecule is O=C(O)C=Cc1ccc(-n2ccccc2=O)cc1. The van der Waals surface area contributed by atoms with Crippen molar-refractivity contribution in [3.8, 4) is 5.69 Å². The van der Waals surface area contributed by atoms with Crippen molar-refractivity contribution in [1.29, 1.82) is 0 Å². The van der Waals surface area contributed by atoms with Gasteiger partial charge < -0.3 is 5.11 Å². The summed E-state index contributed by atoms with van der Waals surface area (Å²) < 4.78 is 1.52. The lowest BCUT2D eigenvalue weighted by atomic mass is 10.2. The molecule has 0 aliphatic heterocycles. The van der Waals surface area contributed by atoms with E-state index in [0.717, 1.165) is 17.3 Å². The number of carbonyl (C=O) groups is 1. The summed E-state index contributed by atoms with van der Waals surface area (Å²) >= 11 is 0. The quantitative estimate of drug-likeness (QED) is 0.835. The fraction of sp³-hybridized carbons (Fsp3) is 0. The van der Waals surface area contributed by atoms with Gasteiger partial charge in [-0.2, -0.15) is 0 Å². The van der Waals surface area contributed by atoms with Crippen LogP contribution in [0, 0.1) is 0 Å². The molecular weight excluding hydrogens is 230 g/mol. The van der Waals surface area contributed by atoms with Crippen molar-refractivity contribution >= 4 is 12.0 Å². The van der Waals surface area contributed by atoms with Crippen LogP contribution in [-0.2, 0) is 4.79 Å². The maximum absolute atomic E-state index is 11.6. The lowest BCUT2D eigenvalue weighted by Gasteiger charge is -2.04. The molecule has 0 saturated carbocycles. The van der Waals surface area contributed by atoms with Gasteiger partial charge in [-0.3, -0.25) is 9.36 Å². The molecule has 18 heavy (non-hydrogen) atoms. The molecule has 0 unspecified atom stereocenters. The van der Waals surface area contributed by atoms with Gasteiger partial charge in [-0.05, 0) is 29.8 Å². The van der Waals surface area contributed by atoms with Crippen LogP contribution in [0.5, 0.6) is 0 Å². The van der Waals surface area contributed by atoms with E-state index in [4.69, 9.17) is 5.11 Å². The largest absolute Gasteiger partial charge is 0.478 e. The van der Waals surface area contributed by atoms with E-state index in [-0.39, 0.29) is 5.56 Å². The average molecular weight is 241 g/mol. The second-order valence-electron chi connectivity index (χ2n) is 3.67. The van der Waals surface area contributed by atoms with Crippen molar-refractivity contribution in [2.24, 2.45) is 0 Å². The molecule has 0 fully saturated rings. The van der Waals surface area contributed by atoms with Gasteiger partial charge >= 0.3 is 5.97 Å². The van der Waals surface area contributed by atoms with Crippen LogP contribution in [0.4, 0.5) is 0 Å². The third-order valence-electron chi connectivity index (χ3n) is 2.41. The lowest BCUT2D eigenvalue weighted by Crippen LogP contribution is -2.15. The van der Waals surface area contributed by atoms with Gasteiger partial charge in [-0.25, -0.2) is 4.79 Å². The molecule has 2 rings (SSSR count). The van der Waals surface area contributed by atoms with Gasteiger partial charge in [-0.15, -0.1) is 0 Å². The van der Waals surface area contributed by atoms with Crippen molar-refractivity contribution in [3.63, 3.8) is 0 Å². The zero-order valence-electron chi connectivity index (χ0n) is 9.48. The predicted octanol–water partition coefficient (Wildman–Crippen LogP) is 1.94. The van der Waals surface area contributed by atoms with Gasteiger partial charge in [-0.1, -0.05) is 18.2 Å². The van der Waals surface area contributed by atoms with E-state index in [1.54, 1.807) is 42.6 Å². The Hall–Kier alpha value is -2.62. The minimum absolute atomic E-state index is 0.105. The maximum Gasteiger partial charge on any atom is 0.328 e. The number of rotatable bonds is 3. The summed E-state index contributed by atoms with van der Waals surface area (Å²) in [5, 5.41) is 8.51. The van der Waals surface area contributed by atoms with Crippen LogP contribution in [0.3, 0.4) is 0 Å². The summed E-state index contributed by atoms with van der Waals surface area (Å²) in [7, 11) is 0. The molecule has 4 heteroatoms. The van der Waals surface area contributed by atoms with Gasteiger partial charge in [0, 0.05) is 24.0 Å². The third-order valence-corrected chi connectivity index (χ3v) is 2.41. The Labute approximate surface area is 103 Å². The molecule has 2 aromatic rings. The smallest absolute Gasteiger partial charge is 0.328 e. The third kappa shape index (κ3) is 2.74. The Morgan fingerprint density at radius 3 is 2.44 bits per heavy atom. The molecule has 0 saturated heterocycles. The predicted molar refractivity (Wildman–Crippen MR) is 68.7 cm³/mol. The van der Waals surface area contributed by atoms with Gasteiger partial charge in [0.05, 0.1) is 0 Å². The van der Waals surface area contributed by atoms with Crippen LogP contribution in [0.2, 0.25) is 0 Å². The first kappa shape index (κ1) is 11.9. The molecule has 1 heterocycles. The highest BCUT2D eigenvalue weighted by Crippen LogP contribution is 2.09. The minimum Gasteiger partial charge on any atom is -0.478 e. The van der Waals surface area contributed by atoms with Crippen molar-refractivity contribution in [2.45, 2.75) is 0 Å². The highest BCUT2D eigenvalue weighted by molar-refractivity contribution is 5.85. The van der Waals surface area contributed by atoms with E-state index in [1.165, 1.54) is 16.7 Å². The molecule has 4 nitrogen and oxygen atoms in total. The first-order valence-electron chi connectivity index (χ1n) is 5.36. The number of nitrogens with zero attached hydrogens (tertiary/aromatic N) is 1. The second kappa shape index (κ2) is 5.14. The Morgan fingerprint density at radius 2 is 1.83 bits per heavy atom. The Bertz CT molecular complexity index is 639. The van der Waals surface area contributed by atoms with Gasteiger partial charge in [0.1, 0.15) is 0 Å². The van der Waals surface area contributed by atoms with Crippen LogP contribution in [-0.4, -0.2) is 15.6 Å². The molecule has 0 radical (unpaired) electrons. The first-order chi connectivity index (χ1) is 8.66. The van der Waals surface area contributed by atoms with Crippen LogP contribution in [0.1, 0.15) is 5.56 Å². The molecule has 0 spiro atoms. The summed E-state index contributed by atoms with van der Waals surface area (Å²) in [5.74, 6) is -0.988. The average Bonchev–Trinajstić information content (AvgIpc) is 2.38. The van der Waals surface area contributed by atoms with Gasteiger partial charge in [0.15, 0.2) is 0 Å². The van der Waals surface area contributed by atoms with Crippen LogP contribution in [0.15, 0.2) is 59.5 Å². The molecule has 0 atom stereocenters.